The summed E-state index contributed by atoms with van der Waals surface area (Å²) in [5.74, 6) is 0.0330. The first-order valence-corrected chi connectivity index (χ1v) is 6.54. The van der Waals surface area contributed by atoms with E-state index in [2.05, 4.69) is 40.0 Å². The quantitative estimate of drug-likeness (QED) is 0.861. The average Bonchev–Trinajstić information content (AvgIpc) is 2.20. The molecular formula is C13H17BrN2O. The highest BCUT2D eigenvalue weighted by Crippen LogP contribution is 2.41. The minimum atomic E-state index is -0.526. The Hall–Kier alpha value is -1.03. The fourth-order valence-corrected chi connectivity index (χ4v) is 2.89. The molecule has 0 radical (unpaired) electrons. The molecule has 0 unspecified atom stereocenters. The summed E-state index contributed by atoms with van der Waals surface area (Å²) in [6.45, 7) is 8.11. The van der Waals surface area contributed by atoms with Gasteiger partial charge in [0.15, 0.2) is 0 Å². The van der Waals surface area contributed by atoms with Gasteiger partial charge in [-0.1, -0.05) is 6.07 Å². The first-order valence-electron chi connectivity index (χ1n) is 5.75. The minimum Gasteiger partial charge on any atom is -0.353 e. The van der Waals surface area contributed by atoms with E-state index in [9.17, 15) is 4.79 Å². The molecule has 0 saturated heterocycles. The molecule has 0 saturated carbocycles. The summed E-state index contributed by atoms with van der Waals surface area (Å²) in [6, 6.07) is 6.24. The van der Waals surface area contributed by atoms with Gasteiger partial charge in [0.2, 0.25) is 5.91 Å². The van der Waals surface area contributed by atoms with Crippen molar-refractivity contribution in [1.29, 1.82) is 0 Å². The van der Waals surface area contributed by atoms with E-state index in [-0.39, 0.29) is 11.9 Å². The average molecular weight is 297 g/mol. The van der Waals surface area contributed by atoms with Gasteiger partial charge in [-0.25, -0.2) is 0 Å². The van der Waals surface area contributed by atoms with Crippen LogP contribution in [-0.2, 0) is 4.79 Å². The van der Waals surface area contributed by atoms with Gasteiger partial charge in [-0.05, 0) is 55.8 Å². The number of amides is 1. The first-order chi connectivity index (χ1) is 7.85. The second kappa shape index (κ2) is 4.02. The number of carbonyl (C=O) groups is 1. The van der Waals surface area contributed by atoms with Gasteiger partial charge in [0.1, 0.15) is 5.54 Å². The highest BCUT2D eigenvalue weighted by molar-refractivity contribution is 9.10. The fourth-order valence-electron chi connectivity index (χ4n) is 2.44. The number of hydrogen-bond donors (Lipinski definition) is 1. The van der Waals surface area contributed by atoms with Crippen LogP contribution in [0.1, 0.15) is 27.7 Å². The van der Waals surface area contributed by atoms with E-state index >= 15 is 0 Å². The van der Waals surface area contributed by atoms with Crippen molar-refractivity contribution in [1.82, 2.24) is 0 Å². The molecule has 1 amide bonds. The van der Waals surface area contributed by atoms with Crippen LogP contribution in [0.15, 0.2) is 22.7 Å². The molecule has 0 bridgehead atoms. The molecule has 3 nitrogen and oxygen atoms in total. The molecule has 0 fully saturated rings. The summed E-state index contributed by atoms with van der Waals surface area (Å²) in [5.41, 5.74) is 1.41. The molecular weight excluding hydrogens is 280 g/mol. The monoisotopic (exact) mass is 296 g/mol. The zero-order valence-corrected chi connectivity index (χ0v) is 12.1. The van der Waals surface area contributed by atoms with Gasteiger partial charge in [0, 0.05) is 10.5 Å². The molecule has 0 aliphatic carbocycles. The first kappa shape index (κ1) is 12.4. The lowest BCUT2D eigenvalue weighted by Crippen LogP contribution is -2.58. The van der Waals surface area contributed by atoms with Crippen molar-refractivity contribution in [2.45, 2.75) is 39.3 Å². The minimum absolute atomic E-state index is 0.0330. The highest BCUT2D eigenvalue weighted by atomic mass is 79.9. The largest absolute Gasteiger partial charge is 0.353 e. The molecule has 4 heteroatoms. The molecule has 1 aliphatic rings. The highest BCUT2D eigenvalue weighted by Gasteiger charge is 2.41. The molecule has 1 aromatic carbocycles. The van der Waals surface area contributed by atoms with Gasteiger partial charge < -0.3 is 10.2 Å². The van der Waals surface area contributed by atoms with Crippen LogP contribution in [0.2, 0.25) is 0 Å². The predicted octanol–water partition coefficient (Wildman–Crippen LogP) is 3.39. The Morgan fingerprint density at radius 3 is 2.59 bits per heavy atom. The van der Waals surface area contributed by atoms with Gasteiger partial charge >= 0.3 is 0 Å². The van der Waals surface area contributed by atoms with Crippen molar-refractivity contribution >= 4 is 33.2 Å². The van der Waals surface area contributed by atoms with Crippen LogP contribution < -0.4 is 10.2 Å². The van der Waals surface area contributed by atoms with E-state index in [4.69, 9.17) is 0 Å². The number of rotatable bonds is 1. The van der Waals surface area contributed by atoms with Crippen LogP contribution in [-0.4, -0.2) is 17.5 Å². The predicted molar refractivity (Wildman–Crippen MR) is 74.5 cm³/mol. The summed E-state index contributed by atoms with van der Waals surface area (Å²) in [6.07, 6.45) is 0. The topological polar surface area (TPSA) is 32.3 Å². The number of fused-ring (bicyclic) bond motifs is 1. The Balaban J connectivity index is 2.64. The normalized spacial score (nSPS) is 18.0. The van der Waals surface area contributed by atoms with E-state index < -0.39 is 5.54 Å². The lowest BCUT2D eigenvalue weighted by atomic mass is 9.94. The van der Waals surface area contributed by atoms with Crippen LogP contribution in [0.5, 0.6) is 0 Å². The van der Waals surface area contributed by atoms with Crippen molar-refractivity contribution in [3.05, 3.63) is 22.7 Å². The number of halogens is 1. The Bertz CT molecular complexity index is 468. The maximum Gasteiger partial charge on any atom is 0.249 e. The lowest BCUT2D eigenvalue weighted by molar-refractivity contribution is -0.120. The molecule has 1 heterocycles. The molecule has 92 valence electrons. The number of nitrogens with one attached hydrogen (secondary N) is 1. The number of nitrogens with zero attached hydrogens (tertiary/aromatic N) is 1. The van der Waals surface area contributed by atoms with Gasteiger partial charge in [-0.2, -0.15) is 0 Å². The standard InChI is InChI=1S/C13H17BrN2O/c1-8(2)16-10-7-5-6-9(14)11(10)15-12(17)13(16,3)4/h5-8H,1-4H3,(H,15,17). The van der Waals surface area contributed by atoms with Gasteiger partial charge in [-0.3, -0.25) is 4.79 Å². The van der Waals surface area contributed by atoms with Crippen molar-refractivity contribution < 1.29 is 4.79 Å². The SMILES string of the molecule is CC(C)N1c2cccc(Br)c2NC(=O)C1(C)C. The second-order valence-electron chi connectivity index (χ2n) is 5.11. The molecule has 1 aliphatic heterocycles. The summed E-state index contributed by atoms with van der Waals surface area (Å²) in [4.78, 5) is 14.3. The van der Waals surface area contributed by atoms with E-state index in [1.807, 2.05) is 32.0 Å². The number of anilines is 2. The molecule has 1 N–H and O–H groups in total. The number of benzene rings is 1. The maximum absolute atomic E-state index is 12.2. The summed E-state index contributed by atoms with van der Waals surface area (Å²) in [7, 11) is 0. The number of hydrogen-bond acceptors (Lipinski definition) is 2. The maximum atomic E-state index is 12.2. The zero-order chi connectivity index (χ0) is 12.8. The molecule has 1 aromatic rings. The molecule has 0 spiro atoms. The van der Waals surface area contributed by atoms with E-state index in [0.29, 0.717) is 0 Å². The van der Waals surface area contributed by atoms with Crippen LogP contribution in [0, 0.1) is 0 Å². The Kier molecular flexibility index (Phi) is 2.94. The van der Waals surface area contributed by atoms with Crippen molar-refractivity contribution in [3.63, 3.8) is 0 Å². The summed E-state index contributed by atoms with van der Waals surface area (Å²) in [5, 5.41) is 2.98. The number of para-hydroxylation sites is 1. The smallest absolute Gasteiger partial charge is 0.249 e. The van der Waals surface area contributed by atoms with E-state index in [0.717, 1.165) is 15.8 Å². The van der Waals surface area contributed by atoms with Crippen molar-refractivity contribution in [2.24, 2.45) is 0 Å². The van der Waals surface area contributed by atoms with Crippen LogP contribution in [0.4, 0.5) is 11.4 Å². The van der Waals surface area contributed by atoms with Crippen LogP contribution >= 0.6 is 15.9 Å². The molecule has 0 aromatic heterocycles. The fraction of sp³-hybridized carbons (Fsp3) is 0.462. The van der Waals surface area contributed by atoms with Crippen LogP contribution in [0.25, 0.3) is 0 Å². The third-order valence-electron chi connectivity index (χ3n) is 3.16. The second-order valence-corrected chi connectivity index (χ2v) is 5.97. The van der Waals surface area contributed by atoms with Gasteiger partial charge in [0.25, 0.3) is 0 Å². The summed E-state index contributed by atoms with van der Waals surface area (Å²) < 4.78 is 0.921. The van der Waals surface area contributed by atoms with Crippen LogP contribution in [0.3, 0.4) is 0 Å². The molecule has 2 rings (SSSR count). The lowest BCUT2D eigenvalue weighted by Gasteiger charge is -2.46. The molecule has 17 heavy (non-hydrogen) atoms. The van der Waals surface area contributed by atoms with E-state index in [1.165, 1.54) is 0 Å². The molecule has 0 atom stereocenters. The third kappa shape index (κ3) is 1.84. The van der Waals surface area contributed by atoms with Crippen molar-refractivity contribution in [2.75, 3.05) is 10.2 Å². The number of carbonyl (C=O) groups excluding carboxylic acids is 1. The zero-order valence-electron chi connectivity index (χ0n) is 10.5. The van der Waals surface area contributed by atoms with Gasteiger partial charge in [0.05, 0.1) is 11.4 Å². The van der Waals surface area contributed by atoms with Crippen molar-refractivity contribution in [3.8, 4) is 0 Å². The summed E-state index contributed by atoms with van der Waals surface area (Å²) >= 11 is 3.48. The Morgan fingerprint density at radius 2 is 2.00 bits per heavy atom. The van der Waals surface area contributed by atoms with Gasteiger partial charge in [-0.15, -0.1) is 0 Å². The van der Waals surface area contributed by atoms with E-state index in [1.54, 1.807) is 0 Å². The Labute approximate surface area is 110 Å². The Morgan fingerprint density at radius 1 is 1.35 bits per heavy atom. The third-order valence-corrected chi connectivity index (χ3v) is 3.82.